The van der Waals surface area contributed by atoms with E-state index in [0.29, 0.717) is 12.1 Å². The molecule has 0 radical (unpaired) electrons. The van der Waals surface area contributed by atoms with Crippen LogP contribution in [0.15, 0.2) is 29.3 Å². The van der Waals surface area contributed by atoms with Crippen LogP contribution < -0.4 is 16.0 Å². The summed E-state index contributed by atoms with van der Waals surface area (Å²) >= 11 is 0. The van der Waals surface area contributed by atoms with Gasteiger partial charge in [-0.2, -0.15) is 0 Å². The third kappa shape index (κ3) is 5.30. The minimum atomic E-state index is -0.0743. The fourth-order valence-corrected chi connectivity index (χ4v) is 1.64. The molecule has 0 bridgehead atoms. The van der Waals surface area contributed by atoms with Crippen LogP contribution in [0.25, 0.3) is 0 Å². The molecule has 0 unspecified atom stereocenters. The SMILES string of the molecule is CN=C(NCc1ccc(C(=O)NC)cc1)NC(C)(C)C. The Morgan fingerprint density at radius 2 is 1.80 bits per heavy atom. The number of guanidine groups is 1. The van der Waals surface area contributed by atoms with Crippen LogP contribution in [0.5, 0.6) is 0 Å². The Bertz CT molecular complexity index is 472. The Morgan fingerprint density at radius 1 is 1.20 bits per heavy atom. The van der Waals surface area contributed by atoms with Crippen molar-refractivity contribution in [2.75, 3.05) is 14.1 Å². The molecule has 0 spiro atoms. The van der Waals surface area contributed by atoms with E-state index in [9.17, 15) is 4.79 Å². The molecule has 0 aliphatic carbocycles. The molecule has 0 aliphatic heterocycles. The zero-order chi connectivity index (χ0) is 15.2. The first-order valence-electron chi connectivity index (χ1n) is 6.65. The standard InChI is InChI=1S/C15H24N4O/c1-15(2,3)19-14(17-5)18-10-11-6-8-12(9-7-11)13(20)16-4/h6-9H,10H2,1-5H3,(H,16,20)(H2,17,18,19). The van der Waals surface area contributed by atoms with Gasteiger partial charge in [0.15, 0.2) is 5.96 Å². The molecule has 0 saturated heterocycles. The van der Waals surface area contributed by atoms with E-state index in [-0.39, 0.29) is 11.4 Å². The summed E-state index contributed by atoms with van der Waals surface area (Å²) in [4.78, 5) is 15.6. The highest BCUT2D eigenvalue weighted by Gasteiger charge is 2.11. The normalized spacial score (nSPS) is 11.9. The summed E-state index contributed by atoms with van der Waals surface area (Å²) in [7, 11) is 3.37. The van der Waals surface area contributed by atoms with Gasteiger partial charge in [0.2, 0.25) is 0 Å². The summed E-state index contributed by atoms with van der Waals surface area (Å²) in [6, 6.07) is 7.50. The Morgan fingerprint density at radius 3 is 2.25 bits per heavy atom. The van der Waals surface area contributed by atoms with Crippen LogP contribution >= 0.6 is 0 Å². The van der Waals surface area contributed by atoms with Gasteiger partial charge in [-0.25, -0.2) is 0 Å². The maximum Gasteiger partial charge on any atom is 0.251 e. The Balaban J connectivity index is 2.59. The van der Waals surface area contributed by atoms with Gasteiger partial charge < -0.3 is 16.0 Å². The summed E-state index contributed by atoms with van der Waals surface area (Å²) in [5, 5.41) is 9.14. The third-order valence-corrected chi connectivity index (χ3v) is 2.62. The highest BCUT2D eigenvalue weighted by Crippen LogP contribution is 2.04. The van der Waals surface area contributed by atoms with Crippen LogP contribution in [0.4, 0.5) is 0 Å². The smallest absolute Gasteiger partial charge is 0.251 e. The molecule has 0 aliphatic rings. The fraction of sp³-hybridized carbons (Fsp3) is 0.467. The number of hydrogen-bond acceptors (Lipinski definition) is 2. The van der Waals surface area contributed by atoms with E-state index in [1.165, 1.54) is 0 Å². The monoisotopic (exact) mass is 276 g/mol. The molecule has 110 valence electrons. The van der Waals surface area contributed by atoms with Crippen LogP contribution in [-0.2, 0) is 6.54 Å². The van der Waals surface area contributed by atoms with Crippen molar-refractivity contribution >= 4 is 11.9 Å². The molecule has 0 atom stereocenters. The molecule has 0 saturated carbocycles. The van der Waals surface area contributed by atoms with Gasteiger partial charge in [-0.1, -0.05) is 12.1 Å². The first-order chi connectivity index (χ1) is 9.35. The molecule has 3 N–H and O–H groups in total. The number of carbonyl (C=O) groups excluding carboxylic acids is 1. The summed E-state index contributed by atoms with van der Waals surface area (Å²) in [6.45, 7) is 6.90. The minimum Gasteiger partial charge on any atom is -0.355 e. The molecular weight excluding hydrogens is 252 g/mol. The van der Waals surface area contributed by atoms with Gasteiger partial charge in [0.05, 0.1) is 0 Å². The number of amides is 1. The predicted molar refractivity (Wildman–Crippen MR) is 82.9 cm³/mol. The van der Waals surface area contributed by atoms with Crippen molar-refractivity contribution in [2.45, 2.75) is 32.9 Å². The van der Waals surface area contributed by atoms with E-state index >= 15 is 0 Å². The highest BCUT2D eigenvalue weighted by molar-refractivity contribution is 5.93. The van der Waals surface area contributed by atoms with E-state index < -0.39 is 0 Å². The largest absolute Gasteiger partial charge is 0.355 e. The number of rotatable bonds is 3. The predicted octanol–water partition coefficient (Wildman–Crippen LogP) is 1.51. The number of nitrogens with zero attached hydrogens (tertiary/aromatic N) is 1. The van der Waals surface area contributed by atoms with Gasteiger partial charge in [-0.05, 0) is 38.5 Å². The zero-order valence-corrected chi connectivity index (χ0v) is 12.9. The van der Waals surface area contributed by atoms with Gasteiger partial charge in [-0.3, -0.25) is 9.79 Å². The number of nitrogens with one attached hydrogen (secondary N) is 3. The Labute approximate surface area is 120 Å². The first-order valence-corrected chi connectivity index (χ1v) is 6.65. The molecule has 20 heavy (non-hydrogen) atoms. The van der Waals surface area contributed by atoms with E-state index in [2.05, 4.69) is 41.7 Å². The fourth-order valence-electron chi connectivity index (χ4n) is 1.64. The summed E-state index contributed by atoms with van der Waals surface area (Å²) in [5.74, 6) is 0.683. The number of benzene rings is 1. The van der Waals surface area contributed by atoms with Crippen molar-refractivity contribution in [3.05, 3.63) is 35.4 Å². The maximum atomic E-state index is 11.4. The summed E-state index contributed by atoms with van der Waals surface area (Å²) in [5.41, 5.74) is 1.72. The lowest BCUT2D eigenvalue weighted by atomic mass is 10.1. The van der Waals surface area contributed by atoms with Crippen molar-refractivity contribution < 1.29 is 4.79 Å². The van der Waals surface area contributed by atoms with Gasteiger partial charge in [0, 0.05) is 31.7 Å². The van der Waals surface area contributed by atoms with Crippen molar-refractivity contribution in [1.29, 1.82) is 0 Å². The molecule has 1 aromatic carbocycles. The minimum absolute atomic E-state index is 0.0368. The molecule has 1 amide bonds. The number of carbonyl (C=O) groups is 1. The van der Waals surface area contributed by atoms with Crippen LogP contribution in [0.2, 0.25) is 0 Å². The Kier molecular flexibility index (Phi) is 5.55. The van der Waals surface area contributed by atoms with Gasteiger partial charge in [0.1, 0.15) is 0 Å². The molecule has 5 nitrogen and oxygen atoms in total. The van der Waals surface area contributed by atoms with Gasteiger partial charge in [-0.15, -0.1) is 0 Å². The van der Waals surface area contributed by atoms with Crippen LogP contribution in [0.3, 0.4) is 0 Å². The zero-order valence-electron chi connectivity index (χ0n) is 12.9. The van der Waals surface area contributed by atoms with Crippen molar-refractivity contribution in [1.82, 2.24) is 16.0 Å². The quantitative estimate of drug-likeness (QED) is 0.579. The van der Waals surface area contributed by atoms with E-state index in [1.54, 1.807) is 14.1 Å². The molecule has 5 heteroatoms. The van der Waals surface area contributed by atoms with Crippen molar-refractivity contribution in [2.24, 2.45) is 4.99 Å². The molecule has 1 rings (SSSR count). The lowest BCUT2D eigenvalue weighted by Crippen LogP contribution is -2.47. The molecule has 0 heterocycles. The van der Waals surface area contributed by atoms with Gasteiger partial charge >= 0.3 is 0 Å². The van der Waals surface area contributed by atoms with Crippen LogP contribution in [-0.4, -0.2) is 31.5 Å². The van der Waals surface area contributed by atoms with E-state index in [0.717, 1.165) is 11.5 Å². The molecule has 1 aromatic rings. The van der Waals surface area contributed by atoms with Crippen LogP contribution in [0, 0.1) is 0 Å². The summed E-state index contributed by atoms with van der Waals surface area (Å²) in [6.07, 6.45) is 0. The third-order valence-electron chi connectivity index (χ3n) is 2.62. The van der Waals surface area contributed by atoms with Crippen LogP contribution in [0.1, 0.15) is 36.7 Å². The van der Waals surface area contributed by atoms with Crippen molar-refractivity contribution in [3.8, 4) is 0 Å². The number of aliphatic imine (C=N–C) groups is 1. The maximum absolute atomic E-state index is 11.4. The Hall–Kier alpha value is -2.04. The first kappa shape index (κ1) is 16.0. The number of hydrogen-bond donors (Lipinski definition) is 3. The average Bonchev–Trinajstić information content (AvgIpc) is 2.42. The molecular formula is C15H24N4O. The topological polar surface area (TPSA) is 65.5 Å². The highest BCUT2D eigenvalue weighted by atomic mass is 16.1. The van der Waals surface area contributed by atoms with E-state index in [1.807, 2.05) is 24.3 Å². The summed E-state index contributed by atoms with van der Waals surface area (Å²) < 4.78 is 0. The van der Waals surface area contributed by atoms with Crippen molar-refractivity contribution in [3.63, 3.8) is 0 Å². The molecule has 0 aromatic heterocycles. The second kappa shape index (κ2) is 6.93. The second-order valence-corrected chi connectivity index (χ2v) is 5.58. The van der Waals surface area contributed by atoms with Gasteiger partial charge in [0.25, 0.3) is 5.91 Å². The average molecular weight is 276 g/mol. The lowest BCUT2D eigenvalue weighted by molar-refractivity contribution is 0.0963. The van der Waals surface area contributed by atoms with E-state index in [4.69, 9.17) is 0 Å². The second-order valence-electron chi connectivity index (χ2n) is 5.58. The lowest BCUT2D eigenvalue weighted by Gasteiger charge is -2.23. The molecule has 0 fully saturated rings.